The van der Waals surface area contributed by atoms with Crippen molar-refractivity contribution in [2.75, 3.05) is 13.1 Å². The number of nitrogens with zero attached hydrogens (tertiary/aromatic N) is 2. The summed E-state index contributed by atoms with van der Waals surface area (Å²) in [6.45, 7) is 4.33. The molecule has 0 radical (unpaired) electrons. The average Bonchev–Trinajstić information content (AvgIpc) is 2.81. The Hall–Kier alpha value is -2.03. The van der Waals surface area contributed by atoms with Crippen LogP contribution in [0.5, 0.6) is 0 Å². The Morgan fingerprint density at radius 2 is 1.62 bits per heavy atom. The molecular formula is C16H19N3O4S. The van der Waals surface area contributed by atoms with Crippen LogP contribution in [0.2, 0.25) is 0 Å². The van der Waals surface area contributed by atoms with Gasteiger partial charge in [-0.2, -0.15) is 12.7 Å². The van der Waals surface area contributed by atoms with Crippen LogP contribution >= 0.6 is 0 Å². The largest absolute Gasteiger partial charge is 0.276 e. The number of amides is 2. The van der Waals surface area contributed by atoms with E-state index in [0.29, 0.717) is 24.0 Å². The molecule has 1 aromatic rings. The fraction of sp³-hybridized carbons (Fsp3) is 0.375. The van der Waals surface area contributed by atoms with Gasteiger partial charge in [0.2, 0.25) is 0 Å². The van der Waals surface area contributed by atoms with Crippen LogP contribution in [0.15, 0.2) is 36.9 Å². The molecule has 3 rings (SSSR count). The van der Waals surface area contributed by atoms with Crippen molar-refractivity contribution in [3.63, 3.8) is 0 Å². The molecule has 128 valence electrons. The van der Waals surface area contributed by atoms with E-state index in [2.05, 4.69) is 6.58 Å². The molecule has 2 aliphatic heterocycles. The van der Waals surface area contributed by atoms with Crippen molar-refractivity contribution >= 4 is 22.0 Å². The number of imide groups is 1. The maximum atomic E-state index is 12.6. The highest BCUT2D eigenvalue weighted by Crippen LogP contribution is 2.31. The first-order valence-corrected chi connectivity index (χ1v) is 9.22. The van der Waals surface area contributed by atoms with E-state index in [1.807, 2.05) is 0 Å². The second kappa shape index (κ2) is 6.12. The Morgan fingerprint density at radius 1 is 1.12 bits per heavy atom. The minimum atomic E-state index is -3.71. The minimum Gasteiger partial charge on any atom is -0.269 e. The molecule has 24 heavy (non-hydrogen) atoms. The first kappa shape index (κ1) is 16.8. The van der Waals surface area contributed by atoms with Crippen molar-refractivity contribution in [1.82, 2.24) is 9.21 Å². The number of nitrogens with two attached hydrogens (primary N) is 1. The first-order chi connectivity index (χ1) is 11.3. The number of benzene rings is 1. The lowest BCUT2D eigenvalue weighted by atomic mass is 9.89. The molecule has 1 atom stereocenters. The number of piperidine rings is 1. The lowest BCUT2D eigenvalue weighted by Crippen LogP contribution is -2.49. The highest BCUT2D eigenvalue weighted by atomic mass is 32.2. The van der Waals surface area contributed by atoms with Gasteiger partial charge >= 0.3 is 0 Å². The molecule has 0 saturated carbocycles. The van der Waals surface area contributed by atoms with E-state index in [-0.39, 0.29) is 30.8 Å². The summed E-state index contributed by atoms with van der Waals surface area (Å²) in [4.78, 5) is 26.5. The van der Waals surface area contributed by atoms with E-state index in [4.69, 9.17) is 5.14 Å². The number of hydrogen-bond donors (Lipinski definition) is 1. The lowest BCUT2D eigenvalue weighted by molar-refractivity contribution is 0.0542. The SMILES string of the molecule is C=CC(C1CCN(S(N)(=O)=O)CC1)N1C(=O)c2ccccc2C1=O. The molecule has 0 bridgehead atoms. The van der Waals surface area contributed by atoms with Crippen molar-refractivity contribution in [2.45, 2.75) is 18.9 Å². The predicted octanol–water partition coefficient (Wildman–Crippen LogP) is 0.753. The van der Waals surface area contributed by atoms with Gasteiger partial charge in [-0.1, -0.05) is 18.2 Å². The zero-order valence-electron chi connectivity index (χ0n) is 13.1. The molecule has 0 aromatic heterocycles. The standard InChI is InChI=1S/C16H19N3O4S/c1-2-14(11-7-9-18(10-8-11)24(17,22)23)19-15(20)12-5-3-4-6-13(12)16(19)21/h2-6,11,14H,1,7-10H2,(H2,17,22,23). The van der Waals surface area contributed by atoms with Crippen molar-refractivity contribution in [1.29, 1.82) is 0 Å². The molecule has 7 nitrogen and oxygen atoms in total. The minimum absolute atomic E-state index is 0.0392. The number of carbonyl (C=O) groups is 2. The molecule has 2 aliphatic rings. The summed E-state index contributed by atoms with van der Waals surface area (Å²) in [5.74, 6) is -0.688. The van der Waals surface area contributed by atoms with Gasteiger partial charge in [0, 0.05) is 13.1 Å². The Labute approximate surface area is 140 Å². The van der Waals surface area contributed by atoms with Gasteiger partial charge in [-0.05, 0) is 30.9 Å². The third kappa shape index (κ3) is 2.77. The van der Waals surface area contributed by atoms with Crippen LogP contribution in [0.1, 0.15) is 33.6 Å². The Kier molecular flexibility index (Phi) is 4.29. The van der Waals surface area contributed by atoms with E-state index >= 15 is 0 Å². The summed E-state index contributed by atoms with van der Waals surface area (Å²) in [5, 5.41) is 5.15. The van der Waals surface area contributed by atoms with E-state index in [1.165, 1.54) is 9.21 Å². The molecular weight excluding hydrogens is 330 g/mol. The summed E-state index contributed by atoms with van der Waals surface area (Å²) in [6.07, 6.45) is 2.62. The van der Waals surface area contributed by atoms with Crippen LogP contribution in [-0.4, -0.2) is 48.6 Å². The molecule has 1 unspecified atom stereocenters. The fourth-order valence-corrected chi connectivity index (χ4v) is 4.18. The van der Waals surface area contributed by atoms with Crippen LogP contribution in [0.4, 0.5) is 0 Å². The van der Waals surface area contributed by atoms with Crippen molar-refractivity contribution in [3.05, 3.63) is 48.0 Å². The molecule has 8 heteroatoms. The Morgan fingerprint density at radius 3 is 2.04 bits per heavy atom. The van der Waals surface area contributed by atoms with Gasteiger partial charge < -0.3 is 0 Å². The number of carbonyl (C=O) groups excluding carboxylic acids is 2. The highest BCUT2D eigenvalue weighted by Gasteiger charge is 2.42. The van der Waals surface area contributed by atoms with Gasteiger partial charge in [0.25, 0.3) is 22.0 Å². The third-order valence-electron chi connectivity index (χ3n) is 4.71. The van der Waals surface area contributed by atoms with Gasteiger partial charge in [-0.3, -0.25) is 14.5 Å². The quantitative estimate of drug-likeness (QED) is 0.640. The lowest BCUT2D eigenvalue weighted by Gasteiger charge is -2.36. The predicted molar refractivity (Wildman–Crippen MR) is 88.3 cm³/mol. The smallest absolute Gasteiger partial charge is 0.269 e. The van der Waals surface area contributed by atoms with Crippen molar-refractivity contribution < 1.29 is 18.0 Å². The normalized spacial score (nSPS) is 21.0. The van der Waals surface area contributed by atoms with E-state index < -0.39 is 16.3 Å². The molecule has 0 spiro atoms. The zero-order valence-corrected chi connectivity index (χ0v) is 13.9. The van der Waals surface area contributed by atoms with Gasteiger partial charge in [0.1, 0.15) is 0 Å². The number of rotatable bonds is 4. The summed E-state index contributed by atoms with van der Waals surface area (Å²) in [5.41, 5.74) is 0.799. The Balaban J connectivity index is 1.80. The monoisotopic (exact) mass is 349 g/mol. The second-order valence-corrected chi connectivity index (χ2v) is 7.58. The second-order valence-electron chi connectivity index (χ2n) is 6.03. The molecule has 1 saturated heterocycles. The molecule has 2 heterocycles. The maximum absolute atomic E-state index is 12.6. The van der Waals surface area contributed by atoms with Crippen LogP contribution < -0.4 is 5.14 Å². The van der Waals surface area contributed by atoms with Crippen molar-refractivity contribution in [3.8, 4) is 0 Å². The zero-order chi connectivity index (χ0) is 17.5. The molecule has 1 aromatic carbocycles. The number of fused-ring (bicyclic) bond motifs is 1. The van der Waals surface area contributed by atoms with Crippen LogP contribution in [-0.2, 0) is 10.2 Å². The summed E-state index contributed by atoms with van der Waals surface area (Å²) in [6, 6.07) is 6.26. The average molecular weight is 349 g/mol. The van der Waals surface area contributed by atoms with E-state index in [0.717, 1.165) is 0 Å². The third-order valence-corrected chi connectivity index (χ3v) is 5.79. The van der Waals surface area contributed by atoms with Gasteiger partial charge in [-0.25, -0.2) is 5.14 Å². The molecule has 2 amide bonds. The molecule has 1 fully saturated rings. The highest BCUT2D eigenvalue weighted by molar-refractivity contribution is 7.86. The first-order valence-electron chi connectivity index (χ1n) is 7.72. The Bertz CT molecular complexity index is 762. The van der Waals surface area contributed by atoms with Crippen LogP contribution in [0, 0.1) is 5.92 Å². The topological polar surface area (TPSA) is 101 Å². The van der Waals surface area contributed by atoms with Gasteiger partial charge in [0.15, 0.2) is 0 Å². The summed E-state index contributed by atoms with van der Waals surface area (Å²) in [7, 11) is -3.71. The fourth-order valence-electron chi connectivity index (χ4n) is 3.46. The summed E-state index contributed by atoms with van der Waals surface area (Å²) < 4.78 is 24.0. The van der Waals surface area contributed by atoms with Crippen molar-refractivity contribution in [2.24, 2.45) is 11.1 Å². The maximum Gasteiger partial charge on any atom is 0.276 e. The van der Waals surface area contributed by atoms with Crippen LogP contribution in [0.3, 0.4) is 0 Å². The van der Waals surface area contributed by atoms with E-state index in [1.54, 1.807) is 30.3 Å². The molecule has 0 aliphatic carbocycles. The summed E-state index contributed by atoms with van der Waals surface area (Å²) >= 11 is 0. The van der Waals surface area contributed by atoms with Gasteiger partial charge in [0.05, 0.1) is 17.2 Å². The number of hydrogen-bond acceptors (Lipinski definition) is 4. The van der Waals surface area contributed by atoms with Crippen LogP contribution in [0.25, 0.3) is 0 Å². The van der Waals surface area contributed by atoms with Gasteiger partial charge in [-0.15, -0.1) is 6.58 Å². The van der Waals surface area contributed by atoms with E-state index in [9.17, 15) is 18.0 Å². The molecule has 2 N–H and O–H groups in total.